The number of nitrogens with zero attached hydrogens (tertiary/aromatic N) is 1. The molecule has 0 atom stereocenters. The first-order chi connectivity index (χ1) is 13.6. The van der Waals surface area contributed by atoms with Gasteiger partial charge in [-0.2, -0.15) is 0 Å². The molecule has 3 amide bonds. The quantitative estimate of drug-likeness (QED) is 0.609. The second kappa shape index (κ2) is 7.76. The predicted octanol–water partition coefficient (Wildman–Crippen LogP) is 4.59. The van der Waals surface area contributed by atoms with E-state index >= 15 is 0 Å². The van der Waals surface area contributed by atoms with Crippen molar-refractivity contribution >= 4 is 35.0 Å². The number of rotatable bonds is 3. The number of fused-ring (bicyclic) bond motifs is 1. The van der Waals surface area contributed by atoms with Gasteiger partial charge < -0.3 is 5.32 Å². The van der Waals surface area contributed by atoms with Crippen LogP contribution in [0.15, 0.2) is 42.5 Å². The molecule has 1 heterocycles. The second-order valence-corrected chi connectivity index (χ2v) is 7.73. The van der Waals surface area contributed by atoms with Gasteiger partial charge in [-0.15, -0.1) is 0 Å². The third-order valence-electron chi connectivity index (χ3n) is 5.43. The Kier molecular flexibility index (Phi) is 5.18. The van der Waals surface area contributed by atoms with Gasteiger partial charge in [-0.1, -0.05) is 49.4 Å². The highest BCUT2D eigenvalue weighted by Gasteiger charge is 2.38. The molecule has 0 bridgehead atoms. The van der Waals surface area contributed by atoms with Gasteiger partial charge in [0.25, 0.3) is 17.7 Å². The van der Waals surface area contributed by atoms with Crippen LogP contribution in [-0.4, -0.2) is 23.8 Å². The lowest BCUT2D eigenvalue weighted by atomic mass is 10.0. The molecule has 0 saturated heterocycles. The van der Waals surface area contributed by atoms with E-state index in [2.05, 4.69) is 5.32 Å². The number of anilines is 1. The van der Waals surface area contributed by atoms with Crippen molar-refractivity contribution in [1.82, 2.24) is 5.32 Å². The summed E-state index contributed by atoms with van der Waals surface area (Å²) in [7, 11) is 0. The van der Waals surface area contributed by atoms with Crippen LogP contribution in [0.3, 0.4) is 0 Å². The van der Waals surface area contributed by atoms with E-state index in [1.165, 1.54) is 18.9 Å². The molecule has 1 aliphatic carbocycles. The predicted molar refractivity (Wildman–Crippen MR) is 108 cm³/mol. The Morgan fingerprint density at radius 3 is 2.32 bits per heavy atom. The summed E-state index contributed by atoms with van der Waals surface area (Å²) in [5.41, 5.74) is 1.26. The van der Waals surface area contributed by atoms with E-state index in [9.17, 15) is 14.4 Å². The zero-order valence-corrected chi connectivity index (χ0v) is 16.2. The smallest absolute Gasteiger partial charge is 0.266 e. The van der Waals surface area contributed by atoms with Gasteiger partial charge in [-0.05, 0) is 43.2 Å². The summed E-state index contributed by atoms with van der Waals surface area (Å²) < 4.78 is 0. The lowest BCUT2D eigenvalue weighted by Gasteiger charge is -2.16. The van der Waals surface area contributed by atoms with E-state index in [0.29, 0.717) is 16.3 Å². The number of hydrogen-bond donors (Lipinski definition) is 1. The Balaban J connectivity index is 1.58. The normalized spacial score (nSPS) is 17.4. The Bertz CT molecular complexity index is 949. The number of imide groups is 1. The van der Waals surface area contributed by atoms with Gasteiger partial charge >= 0.3 is 0 Å². The van der Waals surface area contributed by atoms with Gasteiger partial charge in [0.15, 0.2) is 0 Å². The van der Waals surface area contributed by atoms with Gasteiger partial charge in [0.05, 0.1) is 21.8 Å². The lowest BCUT2D eigenvalue weighted by Crippen LogP contribution is -2.34. The minimum atomic E-state index is -0.461. The highest BCUT2D eigenvalue weighted by Crippen LogP contribution is 2.33. The first kappa shape index (κ1) is 18.7. The van der Waals surface area contributed by atoms with Crippen molar-refractivity contribution in [3.63, 3.8) is 0 Å². The summed E-state index contributed by atoms with van der Waals surface area (Å²) in [5.74, 6) is -1.09. The standard InChI is InChI=1S/C22H21ClN2O3/c23-18-9-5-6-10-19(18)25-21(27)16-12-11-14(13-17(16)22(25)28)20(26)24-15-7-3-1-2-4-8-15/h5-6,9-13,15H,1-4,7-8H2,(H,24,26). The molecule has 1 aliphatic heterocycles. The van der Waals surface area contributed by atoms with E-state index in [0.717, 1.165) is 30.6 Å². The molecule has 1 N–H and O–H groups in total. The Morgan fingerprint density at radius 1 is 0.929 bits per heavy atom. The number of amides is 3. The molecule has 2 aromatic rings. The molecule has 0 unspecified atom stereocenters. The second-order valence-electron chi connectivity index (χ2n) is 7.32. The molecule has 0 radical (unpaired) electrons. The van der Waals surface area contributed by atoms with E-state index in [1.807, 2.05) is 0 Å². The fourth-order valence-electron chi connectivity index (χ4n) is 3.93. The number of para-hydroxylation sites is 1. The largest absolute Gasteiger partial charge is 0.349 e. The van der Waals surface area contributed by atoms with Crippen LogP contribution in [0.1, 0.15) is 69.6 Å². The highest BCUT2D eigenvalue weighted by atomic mass is 35.5. The van der Waals surface area contributed by atoms with Gasteiger partial charge in [0.2, 0.25) is 0 Å². The van der Waals surface area contributed by atoms with E-state index in [-0.39, 0.29) is 23.1 Å². The van der Waals surface area contributed by atoms with Gasteiger partial charge in [-0.3, -0.25) is 14.4 Å². The molecule has 0 aromatic heterocycles. The number of nitrogens with one attached hydrogen (secondary N) is 1. The SMILES string of the molecule is O=C(NC1CCCCCC1)c1ccc2c(c1)C(=O)N(c1ccccc1Cl)C2=O. The van der Waals surface area contributed by atoms with Crippen LogP contribution in [0.5, 0.6) is 0 Å². The number of benzene rings is 2. The Labute approximate surface area is 168 Å². The third-order valence-corrected chi connectivity index (χ3v) is 5.75. The summed E-state index contributed by atoms with van der Waals surface area (Å²) in [5, 5.41) is 3.40. The highest BCUT2D eigenvalue weighted by molar-refractivity contribution is 6.39. The molecular formula is C22H21ClN2O3. The van der Waals surface area contributed by atoms with Crippen molar-refractivity contribution in [3.05, 3.63) is 64.2 Å². The summed E-state index contributed by atoms with van der Waals surface area (Å²) in [6.07, 6.45) is 6.62. The molecule has 5 nitrogen and oxygen atoms in total. The molecule has 0 spiro atoms. The first-order valence-corrected chi connectivity index (χ1v) is 10.0. The molecule has 144 valence electrons. The number of halogens is 1. The molecule has 1 fully saturated rings. The monoisotopic (exact) mass is 396 g/mol. The van der Waals surface area contributed by atoms with Gasteiger partial charge in [0.1, 0.15) is 0 Å². The van der Waals surface area contributed by atoms with E-state index < -0.39 is 11.8 Å². The summed E-state index contributed by atoms with van der Waals surface area (Å²) in [6, 6.07) is 11.5. The van der Waals surface area contributed by atoms with Crippen LogP contribution >= 0.6 is 11.6 Å². The molecular weight excluding hydrogens is 376 g/mol. The lowest BCUT2D eigenvalue weighted by molar-refractivity contribution is 0.0920. The van der Waals surface area contributed by atoms with E-state index in [4.69, 9.17) is 11.6 Å². The molecule has 1 saturated carbocycles. The van der Waals surface area contributed by atoms with Crippen LogP contribution in [-0.2, 0) is 0 Å². The minimum absolute atomic E-state index is 0.167. The van der Waals surface area contributed by atoms with Crippen LogP contribution < -0.4 is 10.2 Å². The van der Waals surface area contributed by atoms with Crippen molar-refractivity contribution in [3.8, 4) is 0 Å². The maximum atomic E-state index is 12.9. The third kappa shape index (κ3) is 3.42. The first-order valence-electron chi connectivity index (χ1n) is 9.64. The van der Waals surface area contributed by atoms with Crippen molar-refractivity contribution in [2.24, 2.45) is 0 Å². The average molecular weight is 397 g/mol. The van der Waals surface area contributed by atoms with Crippen molar-refractivity contribution in [2.75, 3.05) is 4.90 Å². The Hall–Kier alpha value is -2.66. The fraction of sp³-hybridized carbons (Fsp3) is 0.318. The van der Waals surface area contributed by atoms with Crippen LogP contribution in [0.2, 0.25) is 5.02 Å². The molecule has 2 aliphatic rings. The van der Waals surface area contributed by atoms with Crippen molar-refractivity contribution in [1.29, 1.82) is 0 Å². The maximum Gasteiger partial charge on any atom is 0.266 e. The fourth-order valence-corrected chi connectivity index (χ4v) is 4.15. The Morgan fingerprint density at radius 2 is 1.61 bits per heavy atom. The summed E-state index contributed by atoms with van der Waals surface area (Å²) in [4.78, 5) is 39.4. The number of carbonyl (C=O) groups is 3. The zero-order chi connectivity index (χ0) is 19.7. The maximum absolute atomic E-state index is 12.9. The summed E-state index contributed by atoms with van der Waals surface area (Å²) in [6.45, 7) is 0. The number of carbonyl (C=O) groups excluding carboxylic acids is 3. The molecule has 4 rings (SSSR count). The molecule has 2 aromatic carbocycles. The molecule has 28 heavy (non-hydrogen) atoms. The van der Waals surface area contributed by atoms with Crippen LogP contribution in [0, 0.1) is 0 Å². The van der Waals surface area contributed by atoms with Gasteiger partial charge in [-0.25, -0.2) is 4.90 Å². The minimum Gasteiger partial charge on any atom is -0.349 e. The van der Waals surface area contributed by atoms with Crippen LogP contribution in [0.4, 0.5) is 5.69 Å². The van der Waals surface area contributed by atoms with Crippen LogP contribution in [0.25, 0.3) is 0 Å². The zero-order valence-electron chi connectivity index (χ0n) is 15.4. The topological polar surface area (TPSA) is 66.5 Å². The molecule has 6 heteroatoms. The van der Waals surface area contributed by atoms with Crippen molar-refractivity contribution in [2.45, 2.75) is 44.6 Å². The van der Waals surface area contributed by atoms with Crippen molar-refractivity contribution < 1.29 is 14.4 Å². The van der Waals surface area contributed by atoms with E-state index in [1.54, 1.807) is 36.4 Å². The van der Waals surface area contributed by atoms with Gasteiger partial charge in [0, 0.05) is 11.6 Å². The number of hydrogen-bond acceptors (Lipinski definition) is 3. The average Bonchev–Trinajstić information content (AvgIpc) is 2.86. The summed E-state index contributed by atoms with van der Waals surface area (Å²) >= 11 is 6.17.